The number of carbonyl (C=O) groups excluding carboxylic acids is 1. The number of nitrogens with zero attached hydrogens (tertiary/aromatic N) is 1. The Kier molecular flexibility index (Phi) is 5.22. The van der Waals surface area contributed by atoms with E-state index in [2.05, 4.69) is 15.6 Å². The summed E-state index contributed by atoms with van der Waals surface area (Å²) in [6, 6.07) is 5.94. The van der Waals surface area contributed by atoms with Crippen LogP contribution >= 0.6 is 0 Å². The van der Waals surface area contributed by atoms with E-state index in [0.29, 0.717) is 13.1 Å². The first-order chi connectivity index (χ1) is 11.1. The lowest BCUT2D eigenvalue weighted by atomic mass is 10.1. The van der Waals surface area contributed by atoms with Crippen molar-refractivity contribution in [3.8, 4) is 0 Å². The van der Waals surface area contributed by atoms with Crippen LogP contribution in [0.4, 0.5) is 0 Å². The summed E-state index contributed by atoms with van der Waals surface area (Å²) in [5.74, 6) is -0.133. The van der Waals surface area contributed by atoms with Crippen LogP contribution in [0.2, 0.25) is 0 Å². The Balaban J connectivity index is 1.43. The lowest BCUT2D eigenvalue weighted by Crippen LogP contribution is -2.38. The minimum absolute atomic E-state index is 0.0749. The molecule has 2 fully saturated rings. The number of amides is 1. The molecule has 4 N–H and O–H groups in total. The highest BCUT2D eigenvalue weighted by molar-refractivity contribution is 5.77. The van der Waals surface area contributed by atoms with Gasteiger partial charge >= 0.3 is 0 Å². The summed E-state index contributed by atoms with van der Waals surface area (Å²) in [6.45, 7) is 0.936. The van der Waals surface area contributed by atoms with Crippen LogP contribution in [0.1, 0.15) is 25.0 Å². The zero-order valence-electron chi connectivity index (χ0n) is 12.9. The molecule has 3 rings (SSSR count). The Bertz CT molecular complexity index is 523. The molecule has 1 amide bonds. The largest absolute Gasteiger partial charge is 0.388 e. The minimum atomic E-state index is -1.04. The van der Waals surface area contributed by atoms with Crippen LogP contribution in [-0.2, 0) is 16.1 Å². The lowest BCUT2D eigenvalue weighted by Gasteiger charge is -2.15. The minimum Gasteiger partial charge on any atom is -0.388 e. The Morgan fingerprint density at radius 2 is 2.04 bits per heavy atom. The number of carbonyl (C=O) groups is 1. The Morgan fingerprint density at radius 3 is 2.74 bits per heavy atom. The van der Waals surface area contributed by atoms with Gasteiger partial charge in [0.15, 0.2) is 0 Å². The number of hydrogen-bond acceptors (Lipinski definition) is 6. The normalized spacial score (nSPS) is 30.3. The molecule has 7 nitrogen and oxygen atoms in total. The number of pyridine rings is 1. The van der Waals surface area contributed by atoms with Gasteiger partial charge in [-0.25, -0.2) is 0 Å². The van der Waals surface area contributed by atoms with Crippen molar-refractivity contribution in [3.63, 3.8) is 0 Å². The second-order valence-corrected chi connectivity index (χ2v) is 6.19. The molecule has 4 atom stereocenters. The van der Waals surface area contributed by atoms with Gasteiger partial charge in [0, 0.05) is 25.3 Å². The van der Waals surface area contributed by atoms with Crippen LogP contribution in [-0.4, -0.2) is 58.1 Å². The summed E-state index contributed by atoms with van der Waals surface area (Å²) < 4.78 is 5.65. The molecule has 126 valence electrons. The summed E-state index contributed by atoms with van der Waals surface area (Å²) in [5, 5.41) is 26.1. The van der Waals surface area contributed by atoms with Crippen LogP contribution in [0.5, 0.6) is 0 Å². The molecule has 2 heterocycles. The molecular weight excluding hydrogens is 298 g/mol. The predicted molar refractivity (Wildman–Crippen MR) is 82.4 cm³/mol. The van der Waals surface area contributed by atoms with Crippen LogP contribution in [0.3, 0.4) is 0 Å². The quantitative estimate of drug-likeness (QED) is 0.531. The van der Waals surface area contributed by atoms with E-state index in [4.69, 9.17) is 4.74 Å². The third-order valence-electron chi connectivity index (χ3n) is 4.17. The number of aromatic nitrogens is 1. The molecule has 0 unspecified atom stereocenters. The van der Waals surface area contributed by atoms with Gasteiger partial charge in [0.2, 0.25) is 5.91 Å². The Hall–Kier alpha value is -1.54. The molecule has 7 heteroatoms. The molecule has 1 saturated carbocycles. The molecule has 0 aromatic carbocycles. The van der Waals surface area contributed by atoms with Crippen LogP contribution in [0, 0.1) is 0 Å². The lowest BCUT2D eigenvalue weighted by molar-refractivity contribution is -0.125. The van der Waals surface area contributed by atoms with Crippen molar-refractivity contribution in [1.29, 1.82) is 0 Å². The first-order valence-electron chi connectivity index (χ1n) is 8.05. The molecule has 0 spiro atoms. The van der Waals surface area contributed by atoms with Gasteiger partial charge in [-0.15, -0.1) is 0 Å². The van der Waals surface area contributed by atoms with Gasteiger partial charge in [-0.3, -0.25) is 9.78 Å². The van der Waals surface area contributed by atoms with Crippen LogP contribution < -0.4 is 10.6 Å². The van der Waals surface area contributed by atoms with E-state index >= 15 is 0 Å². The van der Waals surface area contributed by atoms with E-state index in [1.165, 1.54) is 0 Å². The molecular formula is C16H23N3O4. The molecule has 1 saturated heterocycles. The molecule has 1 aliphatic carbocycles. The summed E-state index contributed by atoms with van der Waals surface area (Å²) in [6.07, 6.45) is 0.594. The fourth-order valence-corrected chi connectivity index (χ4v) is 2.71. The number of rotatable bonds is 7. The van der Waals surface area contributed by atoms with Crippen LogP contribution in [0.25, 0.3) is 0 Å². The zero-order chi connectivity index (χ0) is 16.2. The molecule has 1 aromatic heterocycles. The van der Waals surface area contributed by atoms with Crippen molar-refractivity contribution in [1.82, 2.24) is 15.6 Å². The molecule has 1 aromatic rings. The van der Waals surface area contributed by atoms with Crippen LogP contribution in [0.15, 0.2) is 24.4 Å². The van der Waals surface area contributed by atoms with Gasteiger partial charge in [0.05, 0.1) is 24.3 Å². The van der Waals surface area contributed by atoms with E-state index in [1.807, 2.05) is 18.2 Å². The first-order valence-corrected chi connectivity index (χ1v) is 8.05. The van der Waals surface area contributed by atoms with Crippen molar-refractivity contribution in [2.75, 3.05) is 6.54 Å². The number of aliphatic hydroxyl groups is 2. The van der Waals surface area contributed by atoms with Gasteiger partial charge in [-0.1, -0.05) is 6.07 Å². The van der Waals surface area contributed by atoms with E-state index in [-0.39, 0.29) is 18.4 Å². The fourth-order valence-electron chi connectivity index (χ4n) is 2.71. The smallest absolute Gasteiger partial charge is 0.222 e. The van der Waals surface area contributed by atoms with Crippen molar-refractivity contribution in [2.24, 2.45) is 0 Å². The van der Waals surface area contributed by atoms with Gasteiger partial charge in [-0.2, -0.15) is 0 Å². The fraction of sp³-hybridized carbons (Fsp3) is 0.625. The van der Waals surface area contributed by atoms with Gasteiger partial charge in [0.1, 0.15) is 12.2 Å². The monoisotopic (exact) mass is 321 g/mol. The number of aliphatic hydroxyl groups excluding tert-OH is 2. The maximum atomic E-state index is 11.8. The van der Waals surface area contributed by atoms with Crippen molar-refractivity contribution >= 4 is 5.91 Å². The summed E-state index contributed by atoms with van der Waals surface area (Å²) in [4.78, 5) is 16.0. The van der Waals surface area contributed by atoms with E-state index in [1.54, 1.807) is 6.20 Å². The van der Waals surface area contributed by atoms with Crippen molar-refractivity contribution in [3.05, 3.63) is 30.1 Å². The highest BCUT2D eigenvalue weighted by Crippen LogP contribution is 2.24. The predicted octanol–water partition coefficient (Wildman–Crippen LogP) is -0.671. The molecule has 0 bridgehead atoms. The number of nitrogens with one attached hydrogen (secondary N) is 2. The Labute approximate surface area is 135 Å². The zero-order valence-corrected chi connectivity index (χ0v) is 12.9. The van der Waals surface area contributed by atoms with Crippen molar-refractivity contribution in [2.45, 2.75) is 56.3 Å². The van der Waals surface area contributed by atoms with Gasteiger partial charge in [0.25, 0.3) is 0 Å². The highest BCUT2D eigenvalue weighted by Gasteiger charge is 2.43. The van der Waals surface area contributed by atoms with E-state index in [9.17, 15) is 15.0 Å². The summed E-state index contributed by atoms with van der Waals surface area (Å²) >= 11 is 0. The standard InChI is InChI=1S/C16H23N3O4/c20-14(19-10-4-5-10)7-12-15(21)16(22)13(23-12)9-17-8-11-3-1-2-6-18-11/h1-3,6,10,12-13,15-17,21-22H,4-5,7-9H2,(H,19,20)/t12-,13+,15-,16+/m0/s1. The Morgan fingerprint density at radius 1 is 1.26 bits per heavy atom. The van der Waals surface area contributed by atoms with Gasteiger partial charge < -0.3 is 25.6 Å². The second kappa shape index (κ2) is 7.35. The van der Waals surface area contributed by atoms with E-state index < -0.39 is 24.4 Å². The molecule has 23 heavy (non-hydrogen) atoms. The molecule has 1 aliphatic heterocycles. The summed E-state index contributed by atoms with van der Waals surface area (Å²) in [7, 11) is 0. The maximum Gasteiger partial charge on any atom is 0.222 e. The van der Waals surface area contributed by atoms with Gasteiger partial charge in [-0.05, 0) is 25.0 Å². The average molecular weight is 321 g/mol. The first kappa shape index (κ1) is 16.3. The maximum absolute atomic E-state index is 11.8. The third-order valence-corrected chi connectivity index (χ3v) is 4.17. The molecule has 0 radical (unpaired) electrons. The second-order valence-electron chi connectivity index (χ2n) is 6.19. The SMILES string of the molecule is O=C(C[C@@H]1O[C@H](CNCc2ccccn2)[C@@H](O)[C@H]1O)NC1CC1. The summed E-state index contributed by atoms with van der Waals surface area (Å²) in [5.41, 5.74) is 0.890. The number of ether oxygens (including phenoxy) is 1. The number of hydrogen-bond donors (Lipinski definition) is 4. The van der Waals surface area contributed by atoms with Crippen molar-refractivity contribution < 1.29 is 19.7 Å². The average Bonchev–Trinajstić information content (AvgIpc) is 3.32. The third kappa shape index (κ3) is 4.48. The van der Waals surface area contributed by atoms with E-state index in [0.717, 1.165) is 18.5 Å². The molecule has 2 aliphatic rings. The topological polar surface area (TPSA) is 104 Å². The highest BCUT2D eigenvalue weighted by atomic mass is 16.5.